The summed E-state index contributed by atoms with van der Waals surface area (Å²) < 4.78 is 5.31. The largest absolute Gasteiger partial charge is 0.495 e. The van der Waals surface area contributed by atoms with Crippen LogP contribution in [0.25, 0.3) is 5.57 Å². The highest BCUT2D eigenvalue weighted by molar-refractivity contribution is 6.31. The minimum atomic E-state index is -0.0541. The topological polar surface area (TPSA) is 41.6 Å². The number of aryl methyl sites for hydroxylation is 1. The van der Waals surface area contributed by atoms with Crippen LogP contribution in [0.1, 0.15) is 17.5 Å². The number of rotatable bonds is 5. The van der Waals surface area contributed by atoms with Gasteiger partial charge in [-0.05, 0) is 36.1 Å². The van der Waals surface area contributed by atoms with E-state index in [1.807, 2.05) is 19.1 Å². The predicted molar refractivity (Wildman–Crippen MR) is 107 cm³/mol. The lowest BCUT2D eigenvalue weighted by Crippen LogP contribution is -2.36. The second-order valence-electron chi connectivity index (χ2n) is 6.43. The van der Waals surface area contributed by atoms with Gasteiger partial charge in [-0.3, -0.25) is 9.69 Å². The van der Waals surface area contributed by atoms with Crippen LogP contribution in [-0.2, 0) is 4.79 Å². The molecule has 1 aliphatic rings. The van der Waals surface area contributed by atoms with Crippen LogP contribution in [0.15, 0.2) is 48.5 Å². The van der Waals surface area contributed by atoms with E-state index in [0.717, 1.165) is 25.1 Å². The molecular formula is C21H23ClN2O2. The summed E-state index contributed by atoms with van der Waals surface area (Å²) in [5.41, 5.74) is 4.16. The molecule has 0 atom stereocenters. The van der Waals surface area contributed by atoms with Crippen LogP contribution >= 0.6 is 11.6 Å². The molecule has 0 spiro atoms. The fourth-order valence-electron chi connectivity index (χ4n) is 3.09. The Bertz CT molecular complexity index is 818. The van der Waals surface area contributed by atoms with Crippen molar-refractivity contribution in [1.82, 2.24) is 4.90 Å². The molecule has 2 aromatic rings. The Kier molecular flexibility index (Phi) is 5.96. The molecule has 1 N–H and O–H groups in total. The summed E-state index contributed by atoms with van der Waals surface area (Å²) in [6.45, 7) is 3.89. The Hall–Kier alpha value is -2.30. The lowest BCUT2D eigenvalue weighted by atomic mass is 10.00. The minimum Gasteiger partial charge on any atom is -0.495 e. The van der Waals surface area contributed by atoms with Crippen LogP contribution in [0.5, 0.6) is 5.75 Å². The number of carbonyl (C=O) groups is 1. The maximum Gasteiger partial charge on any atom is 0.238 e. The van der Waals surface area contributed by atoms with E-state index in [2.05, 4.69) is 40.6 Å². The zero-order valence-electron chi connectivity index (χ0n) is 15.1. The van der Waals surface area contributed by atoms with E-state index in [9.17, 15) is 4.79 Å². The fourth-order valence-corrected chi connectivity index (χ4v) is 3.25. The summed E-state index contributed by atoms with van der Waals surface area (Å²) in [5.74, 6) is 0.514. The van der Waals surface area contributed by atoms with Crippen molar-refractivity contribution in [2.24, 2.45) is 0 Å². The van der Waals surface area contributed by atoms with Gasteiger partial charge in [0.2, 0.25) is 5.91 Å². The van der Waals surface area contributed by atoms with Crippen molar-refractivity contribution in [1.29, 1.82) is 0 Å². The first-order chi connectivity index (χ1) is 12.6. The molecule has 0 aromatic heterocycles. The van der Waals surface area contributed by atoms with Crippen molar-refractivity contribution in [2.75, 3.05) is 32.1 Å². The summed E-state index contributed by atoms with van der Waals surface area (Å²) >= 11 is 6.11. The molecule has 0 saturated carbocycles. The van der Waals surface area contributed by atoms with Crippen LogP contribution in [-0.4, -0.2) is 37.6 Å². The van der Waals surface area contributed by atoms with E-state index >= 15 is 0 Å². The van der Waals surface area contributed by atoms with E-state index in [1.54, 1.807) is 13.2 Å². The van der Waals surface area contributed by atoms with E-state index in [4.69, 9.17) is 16.3 Å². The van der Waals surface area contributed by atoms with E-state index in [1.165, 1.54) is 11.1 Å². The van der Waals surface area contributed by atoms with Crippen LogP contribution in [0.3, 0.4) is 0 Å². The third-order valence-electron chi connectivity index (χ3n) is 4.56. The van der Waals surface area contributed by atoms with Gasteiger partial charge in [-0.1, -0.05) is 48.0 Å². The molecule has 0 bridgehead atoms. The highest BCUT2D eigenvalue weighted by Crippen LogP contribution is 2.31. The van der Waals surface area contributed by atoms with Crippen molar-refractivity contribution >= 4 is 28.8 Å². The lowest BCUT2D eigenvalue weighted by Gasteiger charge is -2.26. The predicted octanol–water partition coefficient (Wildman–Crippen LogP) is 4.38. The minimum absolute atomic E-state index is 0.0541. The SMILES string of the molecule is COc1cc(Cl)c(C)cc1NC(=O)CN1CC=C(c2ccccc2)CC1. The monoisotopic (exact) mass is 370 g/mol. The van der Waals surface area contributed by atoms with Crippen molar-refractivity contribution in [3.05, 3.63) is 64.7 Å². The molecule has 2 aromatic carbocycles. The molecule has 3 rings (SSSR count). The Morgan fingerprint density at radius 3 is 2.69 bits per heavy atom. The van der Waals surface area contributed by atoms with Crippen molar-refractivity contribution in [3.63, 3.8) is 0 Å². The number of nitrogens with one attached hydrogen (secondary N) is 1. The number of benzene rings is 2. The molecule has 1 amide bonds. The average molecular weight is 371 g/mol. The molecule has 1 heterocycles. The summed E-state index contributed by atoms with van der Waals surface area (Å²) in [5, 5.41) is 3.55. The normalized spacial score (nSPS) is 14.7. The molecule has 136 valence electrons. The third kappa shape index (κ3) is 4.45. The van der Waals surface area contributed by atoms with Gasteiger partial charge in [0, 0.05) is 24.2 Å². The zero-order chi connectivity index (χ0) is 18.5. The highest BCUT2D eigenvalue weighted by atomic mass is 35.5. The molecular weight excluding hydrogens is 348 g/mol. The number of methoxy groups -OCH3 is 1. The maximum absolute atomic E-state index is 12.4. The fraction of sp³-hybridized carbons (Fsp3) is 0.286. The lowest BCUT2D eigenvalue weighted by molar-refractivity contribution is -0.117. The number of carbonyl (C=O) groups excluding carboxylic acids is 1. The second-order valence-corrected chi connectivity index (χ2v) is 6.84. The van der Waals surface area contributed by atoms with E-state index in [-0.39, 0.29) is 5.91 Å². The number of amides is 1. The van der Waals surface area contributed by atoms with Crippen LogP contribution < -0.4 is 10.1 Å². The standard InChI is InChI=1S/C21H23ClN2O2/c1-15-12-19(20(26-2)13-18(15)22)23-21(25)14-24-10-8-17(9-11-24)16-6-4-3-5-7-16/h3-8,12-13H,9-11,14H2,1-2H3,(H,23,25). The van der Waals surface area contributed by atoms with Gasteiger partial charge >= 0.3 is 0 Å². The van der Waals surface area contributed by atoms with Gasteiger partial charge in [0.25, 0.3) is 0 Å². The number of hydrogen-bond acceptors (Lipinski definition) is 3. The number of ether oxygens (including phenoxy) is 1. The first-order valence-electron chi connectivity index (χ1n) is 8.67. The summed E-state index contributed by atoms with van der Waals surface area (Å²) in [6.07, 6.45) is 3.15. The molecule has 0 aliphatic carbocycles. The van der Waals surface area contributed by atoms with Crippen LogP contribution in [0, 0.1) is 6.92 Å². The maximum atomic E-state index is 12.4. The Balaban J connectivity index is 1.60. The van der Waals surface area contributed by atoms with Gasteiger partial charge < -0.3 is 10.1 Å². The summed E-state index contributed by atoms with van der Waals surface area (Å²) in [7, 11) is 1.57. The molecule has 26 heavy (non-hydrogen) atoms. The number of halogens is 1. The smallest absolute Gasteiger partial charge is 0.238 e. The number of hydrogen-bond donors (Lipinski definition) is 1. The highest BCUT2D eigenvalue weighted by Gasteiger charge is 2.17. The Morgan fingerprint density at radius 1 is 1.27 bits per heavy atom. The van der Waals surface area contributed by atoms with Crippen molar-refractivity contribution < 1.29 is 9.53 Å². The van der Waals surface area contributed by atoms with Gasteiger partial charge in [0.1, 0.15) is 5.75 Å². The van der Waals surface area contributed by atoms with Crippen LogP contribution in [0.2, 0.25) is 5.02 Å². The Labute approximate surface area is 159 Å². The second kappa shape index (κ2) is 8.39. The number of nitrogens with zero attached hydrogens (tertiary/aromatic N) is 1. The van der Waals surface area contributed by atoms with Crippen molar-refractivity contribution in [2.45, 2.75) is 13.3 Å². The van der Waals surface area contributed by atoms with Crippen LogP contribution in [0.4, 0.5) is 5.69 Å². The third-order valence-corrected chi connectivity index (χ3v) is 4.97. The molecule has 0 unspecified atom stereocenters. The average Bonchev–Trinajstić information content (AvgIpc) is 2.66. The quantitative estimate of drug-likeness (QED) is 0.848. The van der Waals surface area contributed by atoms with Gasteiger partial charge in [0.05, 0.1) is 19.3 Å². The molecule has 4 nitrogen and oxygen atoms in total. The van der Waals surface area contributed by atoms with E-state index < -0.39 is 0 Å². The first-order valence-corrected chi connectivity index (χ1v) is 9.05. The van der Waals surface area contributed by atoms with Gasteiger partial charge in [0.15, 0.2) is 0 Å². The summed E-state index contributed by atoms with van der Waals surface area (Å²) in [4.78, 5) is 14.6. The van der Waals surface area contributed by atoms with Gasteiger partial charge in [-0.25, -0.2) is 0 Å². The van der Waals surface area contributed by atoms with Gasteiger partial charge in [-0.2, -0.15) is 0 Å². The molecule has 5 heteroatoms. The van der Waals surface area contributed by atoms with E-state index in [0.29, 0.717) is 23.0 Å². The molecule has 0 fully saturated rings. The molecule has 0 radical (unpaired) electrons. The molecule has 0 saturated heterocycles. The number of anilines is 1. The Morgan fingerprint density at radius 2 is 2.04 bits per heavy atom. The van der Waals surface area contributed by atoms with Crippen molar-refractivity contribution in [3.8, 4) is 5.75 Å². The first kappa shape index (κ1) is 18.5. The zero-order valence-corrected chi connectivity index (χ0v) is 15.8. The summed E-state index contributed by atoms with van der Waals surface area (Å²) in [6, 6.07) is 13.9. The van der Waals surface area contributed by atoms with Gasteiger partial charge in [-0.15, -0.1) is 0 Å². The molecule has 1 aliphatic heterocycles.